The first-order valence-corrected chi connectivity index (χ1v) is 11.0. The Balaban J connectivity index is 1.61. The second kappa shape index (κ2) is 10.5. The number of halogens is 1. The van der Waals surface area contributed by atoms with Crippen molar-refractivity contribution in [1.29, 1.82) is 0 Å². The molecule has 1 aromatic carbocycles. The summed E-state index contributed by atoms with van der Waals surface area (Å²) in [5.74, 6) is 0.163. The Labute approximate surface area is 180 Å². The lowest BCUT2D eigenvalue weighted by Crippen LogP contribution is -2.50. The number of hydrogen-bond acceptors (Lipinski definition) is 6. The van der Waals surface area contributed by atoms with Crippen LogP contribution in [0.15, 0.2) is 22.7 Å². The van der Waals surface area contributed by atoms with Crippen molar-refractivity contribution in [2.24, 2.45) is 5.92 Å². The molecule has 160 valence electrons. The molecule has 2 N–H and O–H groups in total. The van der Waals surface area contributed by atoms with E-state index in [1.807, 2.05) is 12.1 Å². The lowest BCUT2D eigenvalue weighted by molar-refractivity contribution is -0.134. The highest BCUT2D eigenvalue weighted by molar-refractivity contribution is 9.10. The molecule has 7 nitrogen and oxygen atoms in total. The van der Waals surface area contributed by atoms with Crippen molar-refractivity contribution in [3.63, 3.8) is 0 Å². The second-order valence-corrected chi connectivity index (χ2v) is 8.54. The van der Waals surface area contributed by atoms with Crippen LogP contribution in [0.2, 0.25) is 0 Å². The van der Waals surface area contributed by atoms with Gasteiger partial charge >= 0.3 is 0 Å². The fourth-order valence-electron chi connectivity index (χ4n) is 4.10. The van der Waals surface area contributed by atoms with Gasteiger partial charge in [0.05, 0.1) is 6.04 Å². The first-order valence-electron chi connectivity index (χ1n) is 10.2. The maximum atomic E-state index is 12.0. The lowest BCUT2D eigenvalue weighted by atomic mass is 9.92. The van der Waals surface area contributed by atoms with Gasteiger partial charge in [-0.15, -0.1) is 0 Å². The van der Waals surface area contributed by atoms with Crippen LogP contribution >= 0.6 is 15.9 Å². The highest BCUT2D eigenvalue weighted by Crippen LogP contribution is 2.32. The van der Waals surface area contributed by atoms with Crippen molar-refractivity contribution < 1.29 is 19.1 Å². The number of rotatable bonds is 8. The Hall–Kier alpha value is -1.48. The second-order valence-electron chi connectivity index (χ2n) is 7.69. The number of piperidine rings is 2. The molecule has 0 bridgehead atoms. The van der Waals surface area contributed by atoms with Gasteiger partial charge in [0, 0.05) is 62.4 Å². The zero-order valence-corrected chi connectivity index (χ0v) is 18.7. The van der Waals surface area contributed by atoms with E-state index in [-0.39, 0.29) is 24.1 Å². The summed E-state index contributed by atoms with van der Waals surface area (Å²) in [5, 5.41) is 5.73. The number of ether oxygens (including phenoxy) is 2. The molecule has 1 atom stereocenters. The molecule has 2 fully saturated rings. The third kappa shape index (κ3) is 5.78. The Kier molecular flexibility index (Phi) is 8.06. The zero-order valence-electron chi connectivity index (χ0n) is 17.1. The average Bonchev–Trinajstić information content (AvgIpc) is 2.72. The summed E-state index contributed by atoms with van der Waals surface area (Å²) in [4.78, 5) is 25.8. The highest BCUT2D eigenvalue weighted by Gasteiger charge is 2.27. The Morgan fingerprint density at radius 3 is 2.59 bits per heavy atom. The van der Waals surface area contributed by atoms with E-state index in [9.17, 15) is 9.59 Å². The molecule has 2 aliphatic heterocycles. The predicted octanol–water partition coefficient (Wildman–Crippen LogP) is 2.57. The number of hydrogen-bond donors (Lipinski definition) is 2. The average molecular weight is 468 g/mol. The van der Waals surface area contributed by atoms with Gasteiger partial charge in [-0.05, 0) is 37.3 Å². The fourth-order valence-corrected chi connectivity index (χ4v) is 4.60. The molecule has 0 radical (unpaired) electrons. The van der Waals surface area contributed by atoms with Crippen molar-refractivity contribution in [2.45, 2.75) is 51.0 Å². The van der Waals surface area contributed by atoms with Gasteiger partial charge in [0.2, 0.25) is 11.8 Å². The van der Waals surface area contributed by atoms with Crippen molar-refractivity contribution >= 4 is 33.4 Å². The summed E-state index contributed by atoms with van der Waals surface area (Å²) in [6, 6.07) is 5.88. The van der Waals surface area contributed by atoms with Crippen LogP contribution in [0.5, 0.6) is 0 Å². The molecular weight excluding hydrogens is 438 g/mol. The number of carbonyl (C=O) groups is 2. The number of nitrogens with one attached hydrogen (secondary N) is 2. The van der Waals surface area contributed by atoms with E-state index >= 15 is 0 Å². The number of anilines is 1. The van der Waals surface area contributed by atoms with Crippen LogP contribution in [0, 0.1) is 5.92 Å². The lowest BCUT2D eigenvalue weighted by Gasteiger charge is -2.36. The summed E-state index contributed by atoms with van der Waals surface area (Å²) in [5.41, 5.74) is 2.33. The third-order valence-electron chi connectivity index (χ3n) is 5.87. The summed E-state index contributed by atoms with van der Waals surface area (Å²) in [6.07, 6.45) is 3.89. The molecule has 8 heteroatoms. The topological polar surface area (TPSA) is 79.9 Å². The van der Waals surface area contributed by atoms with Gasteiger partial charge in [-0.2, -0.15) is 0 Å². The molecule has 0 aliphatic carbocycles. The molecule has 3 rings (SSSR count). The van der Waals surface area contributed by atoms with Crippen molar-refractivity contribution in [1.82, 2.24) is 10.6 Å². The highest BCUT2D eigenvalue weighted by atomic mass is 79.9. The summed E-state index contributed by atoms with van der Waals surface area (Å²) in [6.45, 7) is 2.53. The number of benzene rings is 1. The third-order valence-corrected chi connectivity index (χ3v) is 6.61. The van der Waals surface area contributed by atoms with Crippen LogP contribution < -0.4 is 15.5 Å². The monoisotopic (exact) mass is 467 g/mol. The Morgan fingerprint density at radius 2 is 1.93 bits per heavy atom. The van der Waals surface area contributed by atoms with Crippen LogP contribution in [-0.4, -0.2) is 51.5 Å². The molecule has 0 spiro atoms. The smallest absolute Gasteiger partial charge is 0.243 e. The summed E-state index contributed by atoms with van der Waals surface area (Å²) < 4.78 is 11.7. The van der Waals surface area contributed by atoms with Gasteiger partial charge in [0.15, 0.2) is 6.29 Å². The Morgan fingerprint density at radius 1 is 1.21 bits per heavy atom. The van der Waals surface area contributed by atoms with E-state index in [0.29, 0.717) is 25.3 Å². The molecule has 0 saturated carbocycles. The van der Waals surface area contributed by atoms with Gasteiger partial charge in [-0.3, -0.25) is 14.9 Å². The van der Waals surface area contributed by atoms with E-state index in [2.05, 4.69) is 37.5 Å². The van der Waals surface area contributed by atoms with Crippen molar-refractivity contribution in [2.75, 3.05) is 32.2 Å². The van der Waals surface area contributed by atoms with Crippen molar-refractivity contribution in [3.8, 4) is 0 Å². The first kappa shape index (κ1) is 22.2. The molecule has 1 aromatic rings. The largest absolute Gasteiger partial charge is 0.371 e. The van der Waals surface area contributed by atoms with Crippen LogP contribution in [0.3, 0.4) is 0 Å². The maximum Gasteiger partial charge on any atom is 0.243 e. The Bertz CT molecular complexity index is 718. The summed E-state index contributed by atoms with van der Waals surface area (Å²) in [7, 11) is 3.37. The molecule has 1 unspecified atom stereocenters. The molecule has 2 aliphatic rings. The quantitative estimate of drug-likeness (QED) is 0.451. The van der Waals surface area contributed by atoms with E-state index in [4.69, 9.17) is 9.47 Å². The number of amides is 2. The number of carbonyl (C=O) groups excluding carboxylic acids is 2. The van der Waals surface area contributed by atoms with Crippen LogP contribution in [0.25, 0.3) is 0 Å². The van der Waals surface area contributed by atoms with Crippen molar-refractivity contribution in [3.05, 3.63) is 28.2 Å². The van der Waals surface area contributed by atoms with Crippen LogP contribution in [0.1, 0.15) is 37.7 Å². The maximum absolute atomic E-state index is 12.0. The van der Waals surface area contributed by atoms with E-state index in [0.717, 1.165) is 42.4 Å². The summed E-state index contributed by atoms with van der Waals surface area (Å²) >= 11 is 3.67. The number of methoxy groups -OCH3 is 2. The molecule has 0 aromatic heterocycles. The van der Waals surface area contributed by atoms with Crippen LogP contribution in [0.4, 0.5) is 5.69 Å². The predicted molar refractivity (Wildman–Crippen MR) is 115 cm³/mol. The molecule has 29 heavy (non-hydrogen) atoms. The molecule has 2 heterocycles. The zero-order chi connectivity index (χ0) is 20.8. The standard InChI is InChI=1S/C21H30BrN3O4/c1-28-20(29-2)12-14-8-10-25(11-9-14)18-5-3-4-16(22)15(18)13-23-17-6-7-19(26)24-21(17)27/h3-5,14,17,20,23H,6-13H2,1-2H3,(H,24,26,27). The minimum Gasteiger partial charge on any atom is -0.371 e. The minimum atomic E-state index is -0.335. The number of imide groups is 1. The van der Waals surface area contributed by atoms with Crippen LogP contribution in [-0.2, 0) is 25.6 Å². The van der Waals surface area contributed by atoms with Gasteiger partial charge < -0.3 is 19.7 Å². The molecular formula is C21H30BrN3O4. The van der Waals surface area contributed by atoms with E-state index in [1.165, 1.54) is 5.69 Å². The van der Waals surface area contributed by atoms with Gasteiger partial charge in [-0.25, -0.2) is 0 Å². The van der Waals surface area contributed by atoms with E-state index < -0.39 is 0 Å². The van der Waals surface area contributed by atoms with Gasteiger partial charge in [0.1, 0.15) is 0 Å². The number of nitrogens with zero attached hydrogens (tertiary/aromatic N) is 1. The van der Waals surface area contributed by atoms with Gasteiger partial charge in [0.25, 0.3) is 0 Å². The molecule has 2 amide bonds. The minimum absolute atomic E-state index is 0.134. The van der Waals surface area contributed by atoms with Gasteiger partial charge in [-0.1, -0.05) is 22.0 Å². The van der Waals surface area contributed by atoms with E-state index in [1.54, 1.807) is 14.2 Å². The molecule has 2 saturated heterocycles. The SMILES string of the molecule is COC(CC1CCN(c2cccc(Br)c2CNC2CCC(=O)NC2=O)CC1)OC. The first-order chi connectivity index (χ1) is 14.0. The normalized spacial score (nSPS) is 21.0. The fraction of sp³-hybridized carbons (Fsp3) is 0.619.